The van der Waals surface area contributed by atoms with Crippen LogP contribution in [0.1, 0.15) is 34.2 Å². The standard InChI is InChI=1S/C22H20N2O4S/c1-15-6-2-3-7-16(15)12-22(26)28-14-21(25)24-18(19-8-4-10-27-19)13-17(23-24)20-9-5-11-29-20/h2-11,18H,12-14H2,1H3. The van der Waals surface area contributed by atoms with E-state index in [1.54, 1.807) is 23.7 Å². The fourth-order valence-corrected chi connectivity index (χ4v) is 3.98. The number of carbonyl (C=O) groups is 2. The number of hydrazone groups is 1. The first-order valence-corrected chi connectivity index (χ1v) is 10.2. The van der Waals surface area contributed by atoms with Gasteiger partial charge in [-0.3, -0.25) is 9.59 Å². The van der Waals surface area contributed by atoms with Gasteiger partial charge in [0, 0.05) is 6.42 Å². The van der Waals surface area contributed by atoms with Gasteiger partial charge in [0.2, 0.25) is 0 Å². The summed E-state index contributed by atoms with van der Waals surface area (Å²) in [7, 11) is 0. The lowest BCUT2D eigenvalue weighted by atomic mass is 10.1. The second-order valence-corrected chi connectivity index (χ2v) is 7.71. The van der Waals surface area contributed by atoms with Gasteiger partial charge in [0.1, 0.15) is 11.8 Å². The van der Waals surface area contributed by atoms with Crippen molar-refractivity contribution in [1.29, 1.82) is 0 Å². The van der Waals surface area contributed by atoms with Crippen LogP contribution in [0, 0.1) is 6.92 Å². The number of thiophene rings is 1. The van der Waals surface area contributed by atoms with Crippen LogP contribution in [0.4, 0.5) is 0 Å². The van der Waals surface area contributed by atoms with Crippen LogP contribution in [0.2, 0.25) is 0 Å². The first-order chi connectivity index (χ1) is 14.1. The van der Waals surface area contributed by atoms with Crippen molar-refractivity contribution in [3.05, 3.63) is 81.9 Å². The third kappa shape index (κ3) is 4.30. The molecule has 0 spiro atoms. The van der Waals surface area contributed by atoms with Crippen molar-refractivity contribution >= 4 is 28.9 Å². The zero-order chi connectivity index (χ0) is 20.2. The second-order valence-electron chi connectivity index (χ2n) is 6.76. The molecule has 7 heteroatoms. The molecule has 3 heterocycles. The van der Waals surface area contributed by atoms with Crippen molar-refractivity contribution in [1.82, 2.24) is 5.01 Å². The Hall–Kier alpha value is -3.19. The van der Waals surface area contributed by atoms with E-state index in [0.29, 0.717) is 12.2 Å². The summed E-state index contributed by atoms with van der Waals surface area (Å²) in [6.07, 6.45) is 2.26. The molecule has 4 rings (SSSR count). The molecule has 1 unspecified atom stereocenters. The minimum Gasteiger partial charge on any atom is -0.467 e. The van der Waals surface area contributed by atoms with Crippen LogP contribution in [0.3, 0.4) is 0 Å². The fourth-order valence-electron chi connectivity index (χ4n) is 3.26. The number of hydrogen-bond acceptors (Lipinski definition) is 6. The molecule has 2 aromatic heterocycles. The third-order valence-electron chi connectivity index (χ3n) is 4.80. The van der Waals surface area contributed by atoms with Gasteiger partial charge in [-0.05, 0) is 41.6 Å². The molecule has 0 saturated heterocycles. The van der Waals surface area contributed by atoms with Crippen LogP contribution in [0.25, 0.3) is 0 Å². The Labute approximate surface area is 172 Å². The number of benzene rings is 1. The summed E-state index contributed by atoms with van der Waals surface area (Å²) in [6.45, 7) is 1.58. The van der Waals surface area contributed by atoms with Crippen molar-refractivity contribution in [2.24, 2.45) is 5.10 Å². The molecule has 0 saturated carbocycles. The summed E-state index contributed by atoms with van der Waals surface area (Å²) in [4.78, 5) is 26.0. The molecular weight excluding hydrogens is 388 g/mol. The van der Waals surface area contributed by atoms with E-state index in [9.17, 15) is 9.59 Å². The van der Waals surface area contributed by atoms with E-state index >= 15 is 0 Å². The Balaban J connectivity index is 1.44. The topological polar surface area (TPSA) is 72.1 Å². The molecule has 0 N–H and O–H groups in total. The van der Waals surface area contributed by atoms with Gasteiger partial charge in [-0.15, -0.1) is 11.3 Å². The van der Waals surface area contributed by atoms with Crippen LogP contribution >= 0.6 is 11.3 Å². The molecule has 29 heavy (non-hydrogen) atoms. The molecule has 148 valence electrons. The van der Waals surface area contributed by atoms with Crippen molar-refractivity contribution in [2.75, 3.05) is 6.61 Å². The summed E-state index contributed by atoms with van der Waals surface area (Å²) in [6, 6.07) is 14.8. The average Bonchev–Trinajstić information content (AvgIpc) is 3.48. The zero-order valence-corrected chi connectivity index (χ0v) is 16.7. The molecule has 1 aromatic carbocycles. The summed E-state index contributed by atoms with van der Waals surface area (Å²) < 4.78 is 10.7. The molecule has 1 aliphatic heterocycles. The minimum absolute atomic E-state index is 0.130. The van der Waals surface area contributed by atoms with Crippen molar-refractivity contribution < 1.29 is 18.7 Å². The van der Waals surface area contributed by atoms with Crippen molar-refractivity contribution in [2.45, 2.75) is 25.8 Å². The normalized spacial score (nSPS) is 16.0. The highest BCUT2D eigenvalue weighted by atomic mass is 32.1. The van der Waals surface area contributed by atoms with E-state index in [0.717, 1.165) is 21.7 Å². The Bertz CT molecular complexity index is 1030. The smallest absolute Gasteiger partial charge is 0.310 e. The SMILES string of the molecule is Cc1ccccc1CC(=O)OCC(=O)N1N=C(c2cccs2)CC1c1ccco1. The highest BCUT2D eigenvalue weighted by molar-refractivity contribution is 7.12. The lowest BCUT2D eigenvalue weighted by molar-refractivity contribution is -0.152. The Morgan fingerprint density at radius 2 is 2.07 bits per heavy atom. The molecule has 0 aliphatic carbocycles. The van der Waals surface area contributed by atoms with E-state index < -0.39 is 5.97 Å². The number of nitrogens with zero attached hydrogens (tertiary/aromatic N) is 2. The molecule has 0 radical (unpaired) electrons. The molecule has 1 amide bonds. The van der Waals surface area contributed by atoms with Crippen LogP contribution in [-0.4, -0.2) is 29.2 Å². The molecule has 0 fully saturated rings. The lowest BCUT2D eigenvalue weighted by Crippen LogP contribution is -2.31. The van der Waals surface area contributed by atoms with Gasteiger partial charge in [-0.1, -0.05) is 30.3 Å². The maximum absolute atomic E-state index is 12.8. The minimum atomic E-state index is -0.441. The number of aryl methyl sites for hydroxylation is 1. The molecule has 6 nitrogen and oxygen atoms in total. The Morgan fingerprint density at radius 1 is 1.21 bits per heavy atom. The average molecular weight is 408 g/mol. The molecule has 1 aliphatic rings. The second kappa shape index (κ2) is 8.45. The van der Waals surface area contributed by atoms with E-state index in [2.05, 4.69) is 5.10 Å². The molecular formula is C22H20N2O4S. The summed E-state index contributed by atoms with van der Waals surface area (Å²) >= 11 is 1.57. The number of rotatable bonds is 6. The van der Waals surface area contributed by atoms with Crippen LogP contribution in [-0.2, 0) is 20.7 Å². The predicted octanol–water partition coefficient (Wildman–Crippen LogP) is 4.11. The van der Waals surface area contributed by atoms with Crippen LogP contribution in [0.15, 0.2) is 69.7 Å². The van der Waals surface area contributed by atoms with E-state index in [1.807, 2.05) is 54.8 Å². The predicted molar refractivity (Wildman–Crippen MR) is 110 cm³/mol. The van der Waals surface area contributed by atoms with Crippen molar-refractivity contribution in [3.63, 3.8) is 0 Å². The van der Waals surface area contributed by atoms with Gasteiger partial charge in [-0.25, -0.2) is 5.01 Å². The Kier molecular flexibility index (Phi) is 5.57. The van der Waals surface area contributed by atoms with Gasteiger partial charge < -0.3 is 9.15 Å². The first kappa shape index (κ1) is 19.1. The lowest BCUT2D eigenvalue weighted by Gasteiger charge is -2.19. The van der Waals surface area contributed by atoms with E-state index in [1.165, 1.54) is 5.01 Å². The van der Waals surface area contributed by atoms with Crippen LogP contribution < -0.4 is 0 Å². The zero-order valence-electron chi connectivity index (χ0n) is 15.9. The van der Waals surface area contributed by atoms with E-state index in [-0.39, 0.29) is 25.0 Å². The van der Waals surface area contributed by atoms with Gasteiger partial charge in [0.25, 0.3) is 5.91 Å². The van der Waals surface area contributed by atoms with Gasteiger partial charge in [0.05, 0.1) is 23.3 Å². The first-order valence-electron chi connectivity index (χ1n) is 9.29. The van der Waals surface area contributed by atoms with Gasteiger partial charge in [-0.2, -0.15) is 5.10 Å². The summed E-state index contributed by atoms with van der Waals surface area (Å²) in [5, 5.41) is 7.84. The number of hydrogen-bond donors (Lipinski definition) is 0. The molecule has 0 bridgehead atoms. The summed E-state index contributed by atoms with van der Waals surface area (Å²) in [5.41, 5.74) is 2.72. The number of furan rings is 1. The number of amides is 1. The number of esters is 1. The number of ether oxygens (including phenoxy) is 1. The molecule has 1 atom stereocenters. The Morgan fingerprint density at radius 3 is 2.79 bits per heavy atom. The summed E-state index contributed by atoms with van der Waals surface area (Å²) in [5.74, 6) is -0.167. The van der Waals surface area contributed by atoms with E-state index in [4.69, 9.17) is 9.15 Å². The maximum atomic E-state index is 12.8. The molecule has 3 aromatic rings. The van der Waals surface area contributed by atoms with Crippen LogP contribution in [0.5, 0.6) is 0 Å². The maximum Gasteiger partial charge on any atom is 0.310 e. The highest BCUT2D eigenvalue weighted by Crippen LogP contribution is 2.34. The largest absolute Gasteiger partial charge is 0.467 e. The van der Waals surface area contributed by atoms with Crippen molar-refractivity contribution in [3.8, 4) is 0 Å². The quantitative estimate of drug-likeness (QED) is 0.576. The highest BCUT2D eigenvalue weighted by Gasteiger charge is 2.35. The number of carbonyl (C=O) groups excluding carboxylic acids is 2. The van der Waals surface area contributed by atoms with Gasteiger partial charge >= 0.3 is 5.97 Å². The van der Waals surface area contributed by atoms with Gasteiger partial charge in [0.15, 0.2) is 6.61 Å². The third-order valence-corrected chi connectivity index (χ3v) is 5.71. The monoisotopic (exact) mass is 408 g/mol. The fraction of sp³-hybridized carbons (Fsp3) is 0.227.